The van der Waals surface area contributed by atoms with Crippen LogP contribution in [0.3, 0.4) is 0 Å². The van der Waals surface area contributed by atoms with E-state index in [2.05, 4.69) is 5.16 Å². The Kier molecular flexibility index (Phi) is 4.53. The van der Waals surface area contributed by atoms with Gasteiger partial charge in [-0.05, 0) is 36.8 Å². The van der Waals surface area contributed by atoms with Crippen molar-refractivity contribution in [3.05, 3.63) is 81.4 Å². The molecule has 0 aliphatic heterocycles. The van der Waals surface area contributed by atoms with Crippen LogP contribution in [0.1, 0.15) is 11.3 Å². The summed E-state index contributed by atoms with van der Waals surface area (Å²) in [4.78, 5) is 17.9. The van der Waals surface area contributed by atoms with Gasteiger partial charge in [0.2, 0.25) is 0 Å². The molecule has 130 valence electrons. The SMILES string of the molecule is Cc1c(Cl)cccc1-n1c(SCc2ccon2)nc2ccccc2c1=O. The van der Waals surface area contributed by atoms with E-state index in [0.29, 0.717) is 26.8 Å². The maximum Gasteiger partial charge on any atom is 0.266 e. The second kappa shape index (κ2) is 6.97. The number of para-hydroxylation sites is 1. The number of benzene rings is 2. The van der Waals surface area contributed by atoms with Crippen molar-refractivity contribution in [1.29, 1.82) is 0 Å². The van der Waals surface area contributed by atoms with Crippen molar-refractivity contribution >= 4 is 34.3 Å². The van der Waals surface area contributed by atoms with E-state index in [4.69, 9.17) is 21.1 Å². The minimum absolute atomic E-state index is 0.122. The van der Waals surface area contributed by atoms with Crippen molar-refractivity contribution in [2.45, 2.75) is 17.8 Å². The Bertz CT molecular complexity index is 1140. The Hall–Kier alpha value is -2.57. The van der Waals surface area contributed by atoms with Crippen molar-refractivity contribution < 1.29 is 4.52 Å². The number of aromatic nitrogens is 3. The van der Waals surface area contributed by atoms with Gasteiger partial charge in [0.25, 0.3) is 5.56 Å². The van der Waals surface area contributed by atoms with E-state index in [0.717, 1.165) is 16.9 Å². The third-order valence-corrected chi connectivity index (χ3v) is 5.45. The summed E-state index contributed by atoms with van der Waals surface area (Å²) in [6.07, 6.45) is 1.53. The number of hydrogen-bond acceptors (Lipinski definition) is 5. The molecule has 0 saturated carbocycles. The van der Waals surface area contributed by atoms with Crippen molar-refractivity contribution in [3.8, 4) is 5.69 Å². The quantitative estimate of drug-likeness (QED) is 0.380. The van der Waals surface area contributed by atoms with Gasteiger partial charge in [-0.3, -0.25) is 9.36 Å². The lowest BCUT2D eigenvalue weighted by Gasteiger charge is -2.15. The van der Waals surface area contributed by atoms with Gasteiger partial charge in [0.05, 0.1) is 22.3 Å². The standard InChI is InChI=1S/C19H14ClN3O2S/c1-12-15(20)6-4-8-17(12)23-18(24)14-5-2-3-7-16(14)21-19(23)26-11-13-9-10-25-22-13/h2-10H,11H2,1H3. The lowest BCUT2D eigenvalue weighted by Crippen LogP contribution is -2.22. The van der Waals surface area contributed by atoms with Crippen LogP contribution in [0.5, 0.6) is 0 Å². The average molecular weight is 384 g/mol. The molecule has 2 aromatic carbocycles. The fourth-order valence-corrected chi connectivity index (χ4v) is 3.78. The van der Waals surface area contributed by atoms with Gasteiger partial charge < -0.3 is 4.52 Å². The van der Waals surface area contributed by atoms with Crippen molar-refractivity contribution in [2.24, 2.45) is 0 Å². The first-order valence-electron chi connectivity index (χ1n) is 7.94. The molecule has 0 spiro atoms. The third-order valence-electron chi connectivity index (χ3n) is 4.07. The minimum Gasteiger partial charge on any atom is -0.364 e. The molecule has 0 unspecified atom stereocenters. The first-order valence-corrected chi connectivity index (χ1v) is 9.31. The zero-order valence-corrected chi connectivity index (χ0v) is 15.4. The summed E-state index contributed by atoms with van der Waals surface area (Å²) < 4.78 is 6.50. The Morgan fingerprint density at radius 1 is 1.15 bits per heavy atom. The maximum absolute atomic E-state index is 13.2. The highest BCUT2D eigenvalue weighted by Crippen LogP contribution is 2.27. The predicted octanol–water partition coefficient (Wildman–Crippen LogP) is 4.63. The molecule has 0 saturated heterocycles. The second-order valence-corrected chi connectivity index (χ2v) is 7.07. The van der Waals surface area contributed by atoms with Crippen LogP contribution in [0.15, 0.2) is 69.3 Å². The highest BCUT2D eigenvalue weighted by Gasteiger charge is 2.16. The lowest BCUT2D eigenvalue weighted by atomic mass is 10.2. The van der Waals surface area contributed by atoms with Crippen LogP contribution in [0.4, 0.5) is 0 Å². The first-order chi connectivity index (χ1) is 12.6. The maximum atomic E-state index is 13.2. The Morgan fingerprint density at radius 3 is 2.81 bits per heavy atom. The Labute approximate surface area is 158 Å². The van der Waals surface area contributed by atoms with Crippen LogP contribution in [0, 0.1) is 6.92 Å². The van der Waals surface area contributed by atoms with Gasteiger partial charge in [0.15, 0.2) is 5.16 Å². The number of hydrogen-bond donors (Lipinski definition) is 0. The molecule has 0 radical (unpaired) electrons. The van der Waals surface area contributed by atoms with Crippen LogP contribution in [0.2, 0.25) is 5.02 Å². The van der Waals surface area contributed by atoms with Gasteiger partial charge in [-0.2, -0.15) is 0 Å². The number of fused-ring (bicyclic) bond motifs is 1. The van der Waals surface area contributed by atoms with Crippen LogP contribution in [-0.2, 0) is 5.75 Å². The number of rotatable bonds is 4. The molecule has 0 N–H and O–H groups in total. The van der Waals surface area contributed by atoms with E-state index in [1.54, 1.807) is 16.7 Å². The van der Waals surface area contributed by atoms with E-state index in [-0.39, 0.29) is 5.56 Å². The largest absolute Gasteiger partial charge is 0.364 e. The van der Waals surface area contributed by atoms with Crippen LogP contribution in [0.25, 0.3) is 16.6 Å². The highest BCUT2D eigenvalue weighted by molar-refractivity contribution is 7.98. The molecule has 0 aliphatic carbocycles. The molecule has 0 fully saturated rings. The topological polar surface area (TPSA) is 60.9 Å². The van der Waals surface area contributed by atoms with Gasteiger partial charge in [0, 0.05) is 16.8 Å². The molecule has 5 nitrogen and oxygen atoms in total. The van der Waals surface area contributed by atoms with Crippen LogP contribution in [-0.4, -0.2) is 14.7 Å². The molecule has 0 amide bonds. The monoisotopic (exact) mass is 383 g/mol. The fourth-order valence-electron chi connectivity index (χ4n) is 2.71. The molecular weight excluding hydrogens is 370 g/mol. The zero-order valence-electron chi connectivity index (χ0n) is 13.8. The van der Waals surface area contributed by atoms with E-state index >= 15 is 0 Å². The minimum atomic E-state index is -0.122. The van der Waals surface area contributed by atoms with Gasteiger partial charge in [0.1, 0.15) is 6.26 Å². The van der Waals surface area contributed by atoms with E-state index in [1.165, 1.54) is 18.0 Å². The molecule has 0 bridgehead atoms. The summed E-state index contributed by atoms with van der Waals surface area (Å²) in [6.45, 7) is 1.89. The third kappa shape index (κ3) is 3.02. The molecule has 0 aliphatic rings. The summed E-state index contributed by atoms with van der Waals surface area (Å²) in [5.41, 5.74) is 2.88. The summed E-state index contributed by atoms with van der Waals surface area (Å²) >= 11 is 7.71. The summed E-state index contributed by atoms with van der Waals surface area (Å²) in [5, 5.41) is 5.68. The Balaban J connectivity index is 1.93. The summed E-state index contributed by atoms with van der Waals surface area (Å²) in [5.74, 6) is 0.543. The van der Waals surface area contributed by atoms with E-state index < -0.39 is 0 Å². The second-order valence-electron chi connectivity index (χ2n) is 5.72. The molecule has 26 heavy (non-hydrogen) atoms. The van der Waals surface area contributed by atoms with Gasteiger partial charge in [-0.1, -0.05) is 46.7 Å². The zero-order chi connectivity index (χ0) is 18.1. The number of thioether (sulfide) groups is 1. The Morgan fingerprint density at radius 2 is 2.00 bits per heavy atom. The van der Waals surface area contributed by atoms with Crippen molar-refractivity contribution in [2.75, 3.05) is 0 Å². The average Bonchev–Trinajstić information content (AvgIpc) is 3.17. The van der Waals surface area contributed by atoms with Crippen molar-refractivity contribution in [3.63, 3.8) is 0 Å². The number of halogens is 1. The smallest absolute Gasteiger partial charge is 0.266 e. The van der Waals surface area contributed by atoms with Crippen LogP contribution < -0.4 is 5.56 Å². The van der Waals surface area contributed by atoms with Gasteiger partial charge >= 0.3 is 0 Å². The molecule has 2 heterocycles. The fraction of sp³-hybridized carbons (Fsp3) is 0.105. The lowest BCUT2D eigenvalue weighted by molar-refractivity contribution is 0.414. The van der Waals surface area contributed by atoms with E-state index in [1.807, 2.05) is 43.3 Å². The molecule has 2 aromatic heterocycles. The molecule has 4 aromatic rings. The summed E-state index contributed by atoms with van der Waals surface area (Å²) in [7, 11) is 0. The molecular formula is C19H14ClN3O2S. The van der Waals surface area contributed by atoms with Gasteiger partial charge in [-0.25, -0.2) is 4.98 Å². The molecule has 0 atom stereocenters. The normalized spacial score (nSPS) is 11.2. The highest BCUT2D eigenvalue weighted by atomic mass is 35.5. The molecule has 7 heteroatoms. The number of nitrogens with zero attached hydrogens (tertiary/aromatic N) is 3. The van der Waals surface area contributed by atoms with E-state index in [9.17, 15) is 4.79 Å². The predicted molar refractivity (Wildman–Crippen MR) is 103 cm³/mol. The first kappa shape index (κ1) is 16.9. The van der Waals surface area contributed by atoms with Crippen molar-refractivity contribution in [1.82, 2.24) is 14.7 Å². The van der Waals surface area contributed by atoms with Gasteiger partial charge in [-0.15, -0.1) is 0 Å². The molecule has 4 rings (SSSR count). The summed E-state index contributed by atoms with van der Waals surface area (Å²) in [6, 6.07) is 14.6. The van der Waals surface area contributed by atoms with Crippen LogP contribution >= 0.6 is 23.4 Å².